The molecule has 0 spiro atoms. The van der Waals surface area contributed by atoms with Gasteiger partial charge in [-0.2, -0.15) is 0 Å². The first kappa shape index (κ1) is 23.2. The van der Waals surface area contributed by atoms with Crippen LogP contribution in [0.2, 0.25) is 0 Å². The Morgan fingerprint density at radius 3 is 1.65 bits per heavy atom. The van der Waals surface area contributed by atoms with Crippen molar-refractivity contribution in [2.45, 2.75) is 130 Å². The van der Waals surface area contributed by atoms with E-state index in [1.54, 1.807) is 0 Å². The normalized spacial score (nSPS) is 25.0. The third kappa shape index (κ3) is 4.32. The van der Waals surface area contributed by atoms with Gasteiger partial charge in [-0.05, 0) is 80.8 Å². The minimum Gasteiger partial charge on any atom is -0.355 e. The minimum atomic E-state index is 0.128. The van der Waals surface area contributed by atoms with Crippen LogP contribution in [0.4, 0.5) is 5.69 Å². The SMILES string of the molecule is CC(C)c1cccc(C(C)C)c1N1[C]C(C2CCCCC2)(C2CCCCC2)CC1(C)C. The average Bonchev–Trinajstić information content (AvgIpc) is 3.06. The van der Waals surface area contributed by atoms with Gasteiger partial charge in [0.25, 0.3) is 0 Å². The van der Waals surface area contributed by atoms with Crippen molar-refractivity contribution in [2.75, 3.05) is 4.90 Å². The molecule has 1 aromatic carbocycles. The zero-order valence-corrected chi connectivity index (χ0v) is 21.3. The summed E-state index contributed by atoms with van der Waals surface area (Å²) >= 11 is 0. The fourth-order valence-corrected chi connectivity index (χ4v) is 7.36. The number of anilines is 1. The Kier molecular flexibility index (Phi) is 6.81. The molecule has 2 aliphatic carbocycles. The van der Waals surface area contributed by atoms with Gasteiger partial charge in [0.05, 0.1) is 6.54 Å². The predicted molar refractivity (Wildman–Crippen MR) is 135 cm³/mol. The zero-order chi connectivity index (χ0) is 22.2. The second-order valence-corrected chi connectivity index (χ2v) is 12.2. The van der Waals surface area contributed by atoms with E-state index < -0.39 is 0 Å². The molecule has 0 bridgehead atoms. The predicted octanol–water partition coefficient (Wildman–Crippen LogP) is 9.11. The van der Waals surface area contributed by atoms with Crippen LogP contribution in [0.25, 0.3) is 0 Å². The highest BCUT2D eigenvalue weighted by atomic mass is 15.2. The van der Waals surface area contributed by atoms with Crippen molar-refractivity contribution in [3.05, 3.63) is 35.9 Å². The Bertz CT molecular complexity index is 687. The molecule has 2 radical (unpaired) electrons. The highest BCUT2D eigenvalue weighted by molar-refractivity contribution is 5.66. The molecule has 172 valence electrons. The lowest BCUT2D eigenvalue weighted by molar-refractivity contribution is 0.0530. The summed E-state index contributed by atoms with van der Waals surface area (Å²) in [6.07, 6.45) is 15.6. The van der Waals surface area contributed by atoms with Crippen LogP contribution in [-0.2, 0) is 0 Å². The maximum absolute atomic E-state index is 4.37. The third-order valence-corrected chi connectivity index (χ3v) is 8.88. The van der Waals surface area contributed by atoms with E-state index in [2.05, 4.69) is 71.2 Å². The van der Waals surface area contributed by atoms with Gasteiger partial charge in [0.15, 0.2) is 0 Å². The van der Waals surface area contributed by atoms with Crippen LogP contribution in [0, 0.1) is 23.8 Å². The maximum atomic E-state index is 4.37. The molecule has 0 N–H and O–H groups in total. The Hall–Kier alpha value is -0.980. The van der Waals surface area contributed by atoms with Crippen LogP contribution in [0.5, 0.6) is 0 Å². The highest BCUT2D eigenvalue weighted by Gasteiger charge is 2.57. The Morgan fingerprint density at radius 1 is 0.774 bits per heavy atom. The average molecular weight is 422 g/mol. The van der Waals surface area contributed by atoms with Gasteiger partial charge in [-0.1, -0.05) is 84.4 Å². The second kappa shape index (κ2) is 9.11. The van der Waals surface area contributed by atoms with Gasteiger partial charge in [0, 0.05) is 16.6 Å². The van der Waals surface area contributed by atoms with Crippen molar-refractivity contribution in [1.82, 2.24) is 0 Å². The highest BCUT2D eigenvalue weighted by Crippen LogP contribution is 2.61. The summed E-state index contributed by atoms with van der Waals surface area (Å²) in [7, 11) is 0. The maximum Gasteiger partial charge on any atom is 0.0991 e. The van der Waals surface area contributed by atoms with Gasteiger partial charge >= 0.3 is 0 Å². The third-order valence-electron chi connectivity index (χ3n) is 8.88. The molecule has 2 saturated carbocycles. The van der Waals surface area contributed by atoms with Gasteiger partial charge < -0.3 is 4.90 Å². The van der Waals surface area contributed by atoms with Gasteiger partial charge in [0.1, 0.15) is 0 Å². The Morgan fingerprint density at radius 2 is 1.23 bits per heavy atom. The van der Waals surface area contributed by atoms with E-state index in [9.17, 15) is 0 Å². The standard InChI is InChI=1S/C30H47N/c1-22(2)26-18-13-19-27(23(3)4)28(26)31-21-30(20-29(31,5)6,24-14-9-7-10-15-24)25-16-11-8-12-17-25/h13,18-19,22-25H,7-12,14-17,20H2,1-6H3. The van der Waals surface area contributed by atoms with Gasteiger partial charge in [-0.3, -0.25) is 0 Å². The lowest BCUT2D eigenvalue weighted by Crippen LogP contribution is -2.40. The molecule has 0 amide bonds. The fraction of sp³-hybridized carbons (Fsp3) is 0.767. The number of nitrogens with zero attached hydrogens (tertiary/aromatic N) is 1. The summed E-state index contributed by atoms with van der Waals surface area (Å²) in [5.74, 6) is 2.74. The van der Waals surface area contributed by atoms with Gasteiger partial charge in [-0.25, -0.2) is 0 Å². The van der Waals surface area contributed by atoms with E-state index in [1.165, 1.54) is 87.4 Å². The first-order valence-electron chi connectivity index (χ1n) is 13.5. The van der Waals surface area contributed by atoms with Crippen LogP contribution < -0.4 is 4.90 Å². The molecule has 3 aliphatic rings. The molecule has 1 aliphatic heterocycles. The van der Waals surface area contributed by atoms with Crippen molar-refractivity contribution < 1.29 is 0 Å². The molecular formula is C30H47N. The van der Waals surface area contributed by atoms with E-state index in [-0.39, 0.29) is 11.0 Å². The summed E-state index contributed by atoms with van der Waals surface area (Å²) in [6, 6.07) is 7.04. The topological polar surface area (TPSA) is 3.24 Å². The molecule has 0 atom stereocenters. The molecule has 31 heavy (non-hydrogen) atoms. The van der Waals surface area contributed by atoms with Crippen molar-refractivity contribution in [1.29, 1.82) is 0 Å². The summed E-state index contributed by atoms with van der Waals surface area (Å²) in [6.45, 7) is 18.8. The van der Waals surface area contributed by atoms with Crippen molar-refractivity contribution in [2.24, 2.45) is 17.3 Å². The molecule has 0 unspecified atom stereocenters. The number of hydrogen-bond donors (Lipinski definition) is 0. The van der Waals surface area contributed by atoms with Crippen molar-refractivity contribution in [3.8, 4) is 0 Å². The summed E-state index contributed by atoms with van der Waals surface area (Å²) in [5.41, 5.74) is 4.92. The Balaban J connectivity index is 1.80. The smallest absolute Gasteiger partial charge is 0.0991 e. The number of hydrogen-bond acceptors (Lipinski definition) is 1. The molecular weight excluding hydrogens is 374 g/mol. The number of benzene rings is 1. The summed E-state index contributed by atoms with van der Waals surface area (Å²) in [5, 5.41) is 0. The summed E-state index contributed by atoms with van der Waals surface area (Å²) < 4.78 is 0. The van der Waals surface area contributed by atoms with Gasteiger partial charge in [-0.15, -0.1) is 0 Å². The van der Waals surface area contributed by atoms with Crippen LogP contribution in [-0.4, -0.2) is 5.54 Å². The van der Waals surface area contributed by atoms with E-state index in [1.807, 2.05) is 0 Å². The molecule has 4 rings (SSSR count). The number of rotatable bonds is 5. The van der Waals surface area contributed by atoms with E-state index in [0.29, 0.717) is 11.8 Å². The number of para-hydroxylation sites is 1. The van der Waals surface area contributed by atoms with Crippen molar-refractivity contribution in [3.63, 3.8) is 0 Å². The minimum absolute atomic E-state index is 0.128. The molecule has 1 heterocycles. The van der Waals surface area contributed by atoms with Crippen LogP contribution in [0.3, 0.4) is 0 Å². The van der Waals surface area contributed by atoms with Crippen molar-refractivity contribution >= 4 is 5.69 Å². The second-order valence-electron chi connectivity index (χ2n) is 12.2. The summed E-state index contributed by atoms with van der Waals surface area (Å²) in [4.78, 5) is 2.68. The quantitative estimate of drug-likeness (QED) is 0.458. The zero-order valence-electron chi connectivity index (χ0n) is 21.3. The van der Waals surface area contributed by atoms with E-state index in [0.717, 1.165) is 11.8 Å². The lowest BCUT2D eigenvalue weighted by atomic mass is 9.57. The molecule has 1 heteroatoms. The first-order chi connectivity index (χ1) is 14.8. The molecule has 1 aromatic rings. The van der Waals surface area contributed by atoms with Crippen LogP contribution in [0.1, 0.15) is 135 Å². The largest absolute Gasteiger partial charge is 0.355 e. The monoisotopic (exact) mass is 421 g/mol. The van der Waals surface area contributed by atoms with E-state index >= 15 is 0 Å². The van der Waals surface area contributed by atoms with Crippen LogP contribution in [0.15, 0.2) is 18.2 Å². The molecule has 3 fully saturated rings. The Labute approximate surface area is 193 Å². The lowest BCUT2D eigenvalue weighted by Gasteiger charge is -2.46. The fourth-order valence-electron chi connectivity index (χ4n) is 7.36. The molecule has 1 nitrogen and oxygen atoms in total. The molecule has 1 saturated heterocycles. The first-order valence-corrected chi connectivity index (χ1v) is 13.5. The molecule has 0 aromatic heterocycles. The van der Waals surface area contributed by atoms with E-state index in [4.69, 9.17) is 0 Å². The van der Waals surface area contributed by atoms with Gasteiger partial charge in [0.2, 0.25) is 0 Å². The van der Waals surface area contributed by atoms with Crippen LogP contribution >= 0.6 is 0 Å².